The standard InChI is InChI=1S/C10H17NO4/c1-10(2,3)15-9(14)11-7-8(13)5-4-6-12/h6H,4-5,7H2,1-3H3,(H,11,14). The Bertz CT molecular complexity index is 242. The van der Waals surface area contributed by atoms with Crippen LogP contribution >= 0.6 is 0 Å². The molecular weight excluding hydrogens is 198 g/mol. The zero-order chi connectivity index (χ0) is 11.9. The first kappa shape index (κ1) is 13.6. The van der Waals surface area contributed by atoms with E-state index in [0.29, 0.717) is 6.29 Å². The number of carbonyl (C=O) groups is 3. The normalized spacial score (nSPS) is 10.6. The quantitative estimate of drug-likeness (QED) is 0.696. The van der Waals surface area contributed by atoms with Crippen LogP contribution in [0.5, 0.6) is 0 Å². The van der Waals surface area contributed by atoms with Gasteiger partial charge in [0.2, 0.25) is 0 Å². The van der Waals surface area contributed by atoms with E-state index in [4.69, 9.17) is 4.74 Å². The topological polar surface area (TPSA) is 72.5 Å². The van der Waals surface area contributed by atoms with Crippen LogP contribution in [0.4, 0.5) is 4.79 Å². The minimum absolute atomic E-state index is 0.0945. The van der Waals surface area contributed by atoms with E-state index in [-0.39, 0.29) is 25.2 Å². The monoisotopic (exact) mass is 215 g/mol. The predicted octanol–water partition coefficient (Wildman–Crippen LogP) is 1.06. The Morgan fingerprint density at radius 1 is 1.33 bits per heavy atom. The van der Waals surface area contributed by atoms with Crippen molar-refractivity contribution in [2.24, 2.45) is 0 Å². The van der Waals surface area contributed by atoms with Crippen LogP contribution in [0.3, 0.4) is 0 Å². The lowest BCUT2D eigenvalue weighted by Crippen LogP contribution is -2.35. The van der Waals surface area contributed by atoms with E-state index in [1.54, 1.807) is 20.8 Å². The number of ether oxygens (including phenoxy) is 1. The van der Waals surface area contributed by atoms with Gasteiger partial charge in [0.1, 0.15) is 11.9 Å². The molecule has 0 bridgehead atoms. The Hall–Kier alpha value is -1.39. The van der Waals surface area contributed by atoms with Gasteiger partial charge in [0.05, 0.1) is 6.54 Å². The summed E-state index contributed by atoms with van der Waals surface area (Å²) in [7, 11) is 0. The van der Waals surface area contributed by atoms with Crippen LogP contribution in [-0.2, 0) is 14.3 Å². The van der Waals surface area contributed by atoms with Crippen LogP contribution in [0.2, 0.25) is 0 Å². The SMILES string of the molecule is CC(C)(C)OC(=O)NCC(=O)CCC=O. The van der Waals surface area contributed by atoms with Gasteiger partial charge in [0, 0.05) is 12.8 Å². The zero-order valence-electron chi connectivity index (χ0n) is 9.33. The van der Waals surface area contributed by atoms with E-state index in [9.17, 15) is 14.4 Å². The molecule has 1 amide bonds. The number of hydrogen-bond donors (Lipinski definition) is 1. The first-order valence-corrected chi connectivity index (χ1v) is 4.77. The van der Waals surface area contributed by atoms with Crippen molar-refractivity contribution >= 4 is 18.2 Å². The fraction of sp³-hybridized carbons (Fsp3) is 0.700. The molecule has 0 aromatic carbocycles. The van der Waals surface area contributed by atoms with Crippen LogP contribution in [0.1, 0.15) is 33.6 Å². The van der Waals surface area contributed by atoms with Crippen LogP contribution in [-0.4, -0.2) is 30.3 Å². The number of nitrogens with one attached hydrogen (secondary N) is 1. The summed E-state index contributed by atoms with van der Waals surface area (Å²) in [6, 6.07) is 0. The van der Waals surface area contributed by atoms with Gasteiger partial charge in [-0.25, -0.2) is 4.79 Å². The van der Waals surface area contributed by atoms with Gasteiger partial charge in [-0.05, 0) is 20.8 Å². The average molecular weight is 215 g/mol. The average Bonchev–Trinajstić information content (AvgIpc) is 2.08. The zero-order valence-corrected chi connectivity index (χ0v) is 9.33. The van der Waals surface area contributed by atoms with Crippen molar-refractivity contribution in [1.82, 2.24) is 5.32 Å². The molecule has 0 saturated heterocycles. The molecule has 0 aromatic heterocycles. The van der Waals surface area contributed by atoms with E-state index in [0.717, 1.165) is 0 Å². The van der Waals surface area contributed by atoms with E-state index >= 15 is 0 Å². The van der Waals surface area contributed by atoms with Gasteiger partial charge in [-0.15, -0.1) is 0 Å². The number of carbonyl (C=O) groups excluding carboxylic acids is 3. The second kappa shape index (κ2) is 6.16. The van der Waals surface area contributed by atoms with Crippen molar-refractivity contribution in [1.29, 1.82) is 0 Å². The van der Waals surface area contributed by atoms with Crippen LogP contribution in [0.25, 0.3) is 0 Å². The number of amides is 1. The molecule has 0 aromatic rings. The molecule has 0 atom stereocenters. The maximum absolute atomic E-state index is 11.1. The third-order valence-electron chi connectivity index (χ3n) is 1.37. The molecule has 15 heavy (non-hydrogen) atoms. The number of hydrogen-bond acceptors (Lipinski definition) is 4. The van der Waals surface area contributed by atoms with Gasteiger partial charge in [-0.2, -0.15) is 0 Å². The van der Waals surface area contributed by atoms with Gasteiger partial charge in [0.15, 0.2) is 5.78 Å². The largest absolute Gasteiger partial charge is 0.444 e. The van der Waals surface area contributed by atoms with Gasteiger partial charge < -0.3 is 14.8 Å². The van der Waals surface area contributed by atoms with E-state index in [1.807, 2.05) is 0 Å². The van der Waals surface area contributed by atoms with Gasteiger partial charge in [-0.1, -0.05) is 0 Å². The summed E-state index contributed by atoms with van der Waals surface area (Å²) < 4.78 is 4.92. The number of Topliss-reactive ketones (excluding diaryl/α,β-unsaturated/α-hetero) is 1. The Balaban J connectivity index is 3.71. The van der Waals surface area contributed by atoms with Crippen LogP contribution < -0.4 is 5.32 Å². The minimum Gasteiger partial charge on any atom is -0.444 e. The summed E-state index contributed by atoms with van der Waals surface area (Å²) in [6.45, 7) is 5.12. The molecule has 0 aliphatic heterocycles. The molecule has 1 N–H and O–H groups in total. The highest BCUT2D eigenvalue weighted by atomic mass is 16.6. The number of aldehydes is 1. The fourth-order valence-corrected chi connectivity index (χ4v) is 0.793. The number of rotatable bonds is 5. The second-order valence-electron chi connectivity index (χ2n) is 4.10. The van der Waals surface area contributed by atoms with Crippen LogP contribution in [0.15, 0.2) is 0 Å². The molecular formula is C10H17NO4. The highest BCUT2D eigenvalue weighted by Gasteiger charge is 2.16. The maximum atomic E-state index is 11.1. The molecule has 0 radical (unpaired) electrons. The highest BCUT2D eigenvalue weighted by Crippen LogP contribution is 2.06. The number of ketones is 1. The molecule has 0 rings (SSSR count). The minimum atomic E-state index is -0.623. The first-order chi connectivity index (χ1) is 6.85. The van der Waals surface area contributed by atoms with Gasteiger partial charge in [-0.3, -0.25) is 4.79 Å². The summed E-state index contributed by atoms with van der Waals surface area (Å²) in [6.07, 6.45) is 0.390. The molecule has 0 unspecified atom stereocenters. The fourth-order valence-electron chi connectivity index (χ4n) is 0.793. The van der Waals surface area contributed by atoms with Gasteiger partial charge in [0.25, 0.3) is 0 Å². The third kappa shape index (κ3) is 8.93. The van der Waals surface area contributed by atoms with Crippen molar-refractivity contribution in [3.05, 3.63) is 0 Å². The first-order valence-electron chi connectivity index (χ1n) is 4.77. The molecule has 0 aliphatic carbocycles. The lowest BCUT2D eigenvalue weighted by molar-refractivity contribution is -0.120. The molecule has 0 spiro atoms. The summed E-state index contributed by atoms with van der Waals surface area (Å²) in [5, 5.41) is 2.32. The van der Waals surface area contributed by atoms with Gasteiger partial charge >= 0.3 is 6.09 Å². The highest BCUT2D eigenvalue weighted by molar-refractivity contribution is 5.85. The Kier molecular flexibility index (Phi) is 5.59. The molecule has 0 aliphatic rings. The van der Waals surface area contributed by atoms with Crippen molar-refractivity contribution in [2.75, 3.05) is 6.54 Å². The Morgan fingerprint density at radius 3 is 2.40 bits per heavy atom. The molecule has 0 fully saturated rings. The smallest absolute Gasteiger partial charge is 0.408 e. The molecule has 5 heteroatoms. The summed E-state index contributed by atoms with van der Waals surface area (Å²) in [5.74, 6) is -0.187. The number of alkyl carbamates (subject to hydrolysis) is 1. The van der Waals surface area contributed by atoms with Crippen molar-refractivity contribution in [3.8, 4) is 0 Å². The van der Waals surface area contributed by atoms with E-state index in [2.05, 4.69) is 5.32 Å². The molecule has 0 heterocycles. The second-order valence-corrected chi connectivity index (χ2v) is 4.10. The van der Waals surface area contributed by atoms with E-state index < -0.39 is 11.7 Å². The third-order valence-corrected chi connectivity index (χ3v) is 1.37. The van der Waals surface area contributed by atoms with Crippen molar-refractivity contribution in [3.63, 3.8) is 0 Å². The molecule has 5 nitrogen and oxygen atoms in total. The van der Waals surface area contributed by atoms with Crippen molar-refractivity contribution < 1.29 is 19.1 Å². The van der Waals surface area contributed by atoms with Crippen molar-refractivity contribution in [2.45, 2.75) is 39.2 Å². The van der Waals surface area contributed by atoms with Crippen LogP contribution in [0, 0.1) is 0 Å². The molecule has 86 valence electrons. The summed E-state index contributed by atoms with van der Waals surface area (Å²) in [4.78, 5) is 32.1. The lowest BCUT2D eigenvalue weighted by atomic mass is 10.2. The Morgan fingerprint density at radius 2 is 1.93 bits per heavy atom. The predicted molar refractivity (Wildman–Crippen MR) is 54.5 cm³/mol. The lowest BCUT2D eigenvalue weighted by Gasteiger charge is -2.19. The summed E-state index contributed by atoms with van der Waals surface area (Å²) in [5.41, 5.74) is -0.573. The molecule has 0 saturated carbocycles. The van der Waals surface area contributed by atoms with E-state index in [1.165, 1.54) is 0 Å². The Labute approximate surface area is 89.2 Å². The summed E-state index contributed by atoms with van der Waals surface area (Å²) >= 11 is 0. The maximum Gasteiger partial charge on any atom is 0.408 e.